The zero-order valence-electron chi connectivity index (χ0n) is 5.88. The summed E-state index contributed by atoms with van der Waals surface area (Å²) in [6, 6.07) is 1.11. The summed E-state index contributed by atoms with van der Waals surface area (Å²) in [5.74, 6) is -2.20. The van der Waals surface area contributed by atoms with E-state index in [0.29, 0.717) is 0 Å². The summed E-state index contributed by atoms with van der Waals surface area (Å²) in [6.45, 7) is 0. The van der Waals surface area contributed by atoms with E-state index in [9.17, 15) is 13.6 Å². The highest BCUT2D eigenvalue weighted by Gasteiger charge is 2.18. The van der Waals surface area contributed by atoms with Crippen molar-refractivity contribution in [3.63, 3.8) is 0 Å². The van der Waals surface area contributed by atoms with Gasteiger partial charge in [0.15, 0.2) is 11.6 Å². The van der Waals surface area contributed by atoms with Crippen LogP contribution in [0, 0.1) is 11.6 Å². The van der Waals surface area contributed by atoms with Crippen LogP contribution in [0.1, 0.15) is 10.4 Å². The summed E-state index contributed by atoms with van der Waals surface area (Å²) in [5, 5.41) is -0.855. The quantitative estimate of drug-likeness (QED) is 0.433. The molecular formula is C7HBr2ClF2O. The Morgan fingerprint density at radius 2 is 1.85 bits per heavy atom. The monoisotopic (exact) mass is 332 g/mol. The third-order valence-electron chi connectivity index (χ3n) is 1.31. The molecule has 0 aliphatic heterocycles. The first-order valence-corrected chi connectivity index (χ1v) is 4.94. The molecule has 1 aromatic carbocycles. The molecule has 0 fully saturated rings. The molecule has 0 atom stereocenters. The summed E-state index contributed by atoms with van der Waals surface area (Å²) >= 11 is 10.6. The van der Waals surface area contributed by atoms with Crippen molar-refractivity contribution >= 4 is 48.7 Å². The van der Waals surface area contributed by atoms with E-state index in [0.717, 1.165) is 6.07 Å². The number of hydrogen-bond donors (Lipinski definition) is 0. The van der Waals surface area contributed by atoms with Gasteiger partial charge in [-0.05, 0) is 49.5 Å². The molecule has 0 unspecified atom stereocenters. The minimum Gasteiger partial charge on any atom is -0.276 e. The molecule has 0 spiro atoms. The first-order chi connectivity index (χ1) is 5.95. The van der Waals surface area contributed by atoms with E-state index in [4.69, 9.17) is 11.6 Å². The number of halogens is 5. The predicted octanol–water partition coefficient (Wildman–Crippen LogP) is 3.87. The maximum Gasteiger partial charge on any atom is 0.253 e. The van der Waals surface area contributed by atoms with Gasteiger partial charge in [0.1, 0.15) is 0 Å². The number of benzene rings is 1. The molecule has 0 amide bonds. The van der Waals surface area contributed by atoms with Gasteiger partial charge in [0.25, 0.3) is 5.24 Å². The molecule has 0 bridgehead atoms. The van der Waals surface area contributed by atoms with E-state index < -0.39 is 16.9 Å². The largest absolute Gasteiger partial charge is 0.276 e. The summed E-state index contributed by atoms with van der Waals surface area (Å²) in [7, 11) is 0. The van der Waals surface area contributed by atoms with Gasteiger partial charge in [-0.3, -0.25) is 4.79 Å². The maximum atomic E-state index is 12.9. The molecule has 0 saturated heterocycles. The normalized spacial score (nSPS) is 10.2. The lowest BCUT2D eigenvalue weighted by Gasteiger charge is -2.03. The molecule has 1 rings (SSSR count). The Bertz CT molecular complexity index is 381. The lowest BCUT2D eigenvalue weighted by molar-refractivity contribution is 0.108. The lowest BCUT2D eigenvalue weighted by atomic mass is 10.2. The Hall–Kier alpha value is -0.000000000000000111. The van der Waals surface area contributed by atoms with Crippen LogP contribution in [0.25, 0.3) is 0 Å². The van der Waals surface area contributed by atoms with E-state index in [1.807, 2.05) is 0 Å². The number of hydrogen-bond acceptors (Lipinski definition) is 1. The Kier molecular flexibility index (Phi) is 3.43. The van der Waals surface area contributed by atoms with Crippen LogP contribution >= 0.6 is 43.5 Å². The second-order valence-electron chi connectivity index (χ2n) is 2.12. The summed E-state index contributed by atoms with van der Waals surface area (Å²) in [4.78, 5) is 10.7. The lowest BCUT2D eigenvalue weighted by Crippen LogP contribution is -1.97. The fraction of sp³-hybridized carbons (Fsp3) is 0. The van der Waals surface area contributed by atoms with E-state index in [-0.39, 0.29) is 14.5 Å². The minimum absolute atomic E-state index is 0.118. The smallest absolute Gasteiger partial charge is 0.253 e. The van der Waals surface area contributed by atoms with Crippen LogP contribution in [0.2, 0.25) is 0 Å². The second kappa shape index (κ2) is 4.02. The van der Waals surface area contributed by atoms with Crippen molar-refractivity contribution in [3.05, 3.63) is 32.2 Å². The van der Waals surface area contributed by atoms with Crippen LogP contribution in [0.4, 0.5) is 8.78 Å². The Labute approximate surface area is 94.3 Å². The van der Waals surface area contributed by atoms with Crippen LogP contribution in [0.15, 0.2) is 15.0 Å². The fourth-order valence-electron chi connectivity index (χ4n) is 0.716. The van der Waals surface area contributed by atoms with Gasteiger partial charge < -0.3 is 0 Å². The highest BCUT2D eigenvalue weighted by atomic mass is 79.9. The summed E-state index contributed by atoms with van der Waals surface area (Å²) in [5.41, 5.74) is -0.118. The van der Waals surface area contributed by atoms with Crippen LogP contribution in [-0.2, 0) is 0 Å². The van der Waals surface area contributed by atoms with Crippen molar-refractivity contribution in [2.75, 3.05) is 0 Å². The molecule has 0 aliphatic rings. The van der Waals surface area contributed by atoms with Crippen molar-refractivity contribution in [1.29, 1.82) is 0 Å². The molecule has 0 N–H and O–H groups in total. The van der Waals surface area contributed by atoms with Crippen LogP contribution in [0.5, 0.6) is 0 Å². The van der Waals surface area contributed by atoms with Crippen LogP contribution in [-0.4, -0.2) is 5.24 Å². The van der Waals surface area contributed by atoms with Crippen LogP contribution < -0.4 is 0 Å². The highest BCUT2D eigenvalue weighted by molar-refractivity contribution is 9.11. The average molecular weight is 334 g/mol. The van der Waals surface area contributed by atoms with Gasteiger partial charge >= 0.3 is 0 Å². The SMILES string of the molecule is O=C(Cl)c1cc(Br)c(F)c(F)c1Br. The number of carbonyl (C=O) groups excluding carboxylic acids is 1. The third-order valence-corrected chi connectivity index (χ3v) is 2.87. The van der Waals surface area contributed by atoms with E-state index >= 15 is 0 Å². The van der Waals surface area contributed by atoms with Gasteiger partial charge in [0.05, 0.1) is 14.5 Å². The van der Waals surface area contributed by atoms with Crippen molar-refractivity contribution in [2.24, 2.45) is 0 Å². The zero-order chi connectivity index (χ0) is 10.2. The molecule has 6 heteroatoms. The van der Waals surface area contributed by atoms with Crippen molar-refractivity contribution < 1.29 is 13.6 Å². The van der Waals surface area contributed by atoms with Crippen molar-refractivity contribution in [1.82, 2.24) is 0 Å². The summed E-state index contributed by atoms with van der Waals surface area (Å²) in [6.07, 6.45) is 0. The van der Waals surface area contributed by atoms with Gasteiger partial charge in [0.2, 0.25) is 0 Å². The third kappa shape index (κ3) is 2.08. The van der Waals surface area contributed by atoms with E-state index in [1.165, 1.54) is 0 Å². The van der Waals surface area contributed by atoms with Gasteiger partial charge in [-0.2, -0.15) is 0 Å². The van der Waals surface area contributed by atoms with Gasteiger partial charge in [0, 0.05) is 0 Å². The van der Waals surface area contributed by atoms with E-state index in [1.54, 1.807) is 0 Å². The average Bonchev–Trinajstić information content (AvgIpc) is 2.07. The molecule has 0 radical (unpaired) electrons. The zero-order valence-corrected chi connectivity index (χ0v) is 9.80. The van der Waals surface area contributed by atoms with Gasteiger partial charge in [-0.15, -0.1) is 0 Å². The van der Waals surface area contributed by atoms with Crippen molar-refractivity contribution in [3.8, 4) is 0 Å². The molecule has 70 valence electrons. The molecular weight excluding hydrogens is 333 g/mol. The minimum atomic E-state index is -1.14. The molecule has 0 heterocycles. The van der Waals surface area contributed by atoms with E-state index in [2.05, 4.69) is 31.9 Å². The molecule has 0 aliphatic carbocycles. The molecule has 13 heavy (non-hydrogen) atoms. The Balaban J connectivity index is 3.50. The Morgan fingerprint density at radius 1 is 1.31 bits per heavy atom. The first-order valence-electron chi connectivity index (χ1n) is 2.98. The first kappa shape index (κ1) is 11.1. The Morgan fingerprint density at radius 3 is 2.31 bits per heavy atom. The second-order valence-corrected chi connectivity index (χ2v) is 4.11. The van der Waals surface area contributed by atoms with Gasteiger partial charge in [-0.25, -0.2) is 8.78 Å². The molecule has 0 saturated carbocycles. The van der Waals surface area contributed by atoms with Gasteiger partial charge in [-0.1, -0.05) is 0 Å². The van der Waals surface area contributed by atoms with Crippen molar-refractivity contribution in [2.45, 2.75) is 0 Å². The maximum absolute atomic E-state index is 12.9. The standard InChI is InChI=1S/C7HBr2ClF2O/c8-3-1-2(7(10)13)4(9)6(12)5(3)11/h1H. The number of rotatable bonds is 1. The fourth-order valence-corrected chi connectivity index (χ4v) is 1.85. The number of carbonyl (C=O) groups is 1. The van der Waals surface area contributed by atoms with Crippen LogP contribution in [0.3, 0.4) is 0 Å². The highest BCUT2D eigenvalue weighted by Crippen LogP contribution is 2.29. The topological polar surface area (TPSA) is 17.1 Å². The molecule has 1 aromatic rings. The summed E-state index contributed by atoms with van der Waals surface area (Å²) < 4.78 is 25.4. The molecule has 0 aromatic heterocycles. The predicted molar refractivity (Wildman–Crippen MR) is 51.9 cm³/mol. The molecule has 1 nitrogen and oxygen atoms in total.